The van der Waals surface area contributed by atoms with Crippen molar-refractivity contribution in [2.24, 2.45) is 5.92 Å². The highest BCUT2D eigenvalue weighted by molar-refractivity contribution is 7.61. The Kier molecular flexibility index (Phi) is 7.32. The van der Waals surface area contributed by atoms with E-state index in [2.05, 4.69) is 13.8 Å². The van der Waals surface area contributed by atoms with E-state index in [1.807, 2.05) is 0 Å². The molecule has 5 heteroatoms. The predicted molar refractivity (Wildman–Crippen MR) is 76.2 cm³/mol. The highest BCUT2D eigenvalue weighted by Gasteiger charge is 2.24. The molecule has 0 saturated carbocycles. The second-order valence-corrected chi connectivity index (χ2v) is 6.34. The molecule has 1 aromatic rings. The summed E-state index contributed by atoms with van der Waals surface area (Å²) in [6.45, 7) is 4.58. The summed E-state index contributed by atoms with van der Waals surface area (Å²) in [6.07, 6.45) is 4.30. The van der Waals surface area contributed by atoms with Crippen molar-refractivity contribution in [1.82, 2.24) is 0 Å². The number of hydrogen-bond acceptors (Lipinski definition) is 3. The molecule has 0 spiro atoms. The minimum Gasteiger partial charge on any atom is -0.319 e. The molecule has 1 aromatic carbocycles. The minimum atomic E-state index is -3.86. The summed E-state index contributed by atoms with van der Waals surface area (Å²) < 4.78 is 16.6. The molecule has 0 aliphatic carbocycles. The summed E-state index contributed by atoms with van der Waals surface area (Å²) >= 11 is 0. The van der Waals surface area contributed by atoms with Crippen LogP contribution in [0.5, 0.6) is 0 Å². The Morgan fingerprint density at radius 2 is 1.95 bits per heavy atom. The Hall–Kier alpha value is -0.670. The van der Waals surface area contributed by atoms with E-state index in [1.165, 1.54) is 0 Å². The van der Waals surface area contributed by atoms with Crippen LogP contribution in [-0.4, -0.2) is 11.5 Å². The van der Waals surface area contributed by atoms with Crippen molar-refractivity contribution >= 4 is 12.9 Å². The molecule has 0 aliphatic rings. The van der Waals surface area contributed by atoms with Gasteiger partial charge in [0.05, 0.1) is 11.9 Å². The molecule has 0 amide bonds. The van der Waals surface area contributed by atoms with Crippen LogP contribution in [0.3, 0.4) is 0 Å². The normalized spacial score (nSPS) is 15.9. The lowest BCUT2D eigenvalue weighted by molar-refractivity contribution is -0.221. The van der Waals surface area contributed by atoms with Crippen molar-refractivity contribution < 1.29 is 19.0 Å². The third-order valence-electron chi connectivity index (χ3n) is 3.08. The lowest BCUT2D eigenvalue weighted by atomic mass is 10.0. The van der Waals surface area contributed by atoms with E-state index in [0.29, 0.717) is 12.5 Å². The van der Waals surface area contributed by atoms with Crippen LogP contribution in [0.2, 0.25) is 0 Å². The van der Waals surface area contributed by atoms with Crippen LogP contribution in [0.25, 0.3) is 0 Å². The van der Waals surface area contributed by atoms with Gasteiger partial charge in [-0.1, -0.05) is 51.3 Å². The van der Waals surface area contributed by atoms with Gasteiger partial charge in [0.2, 0.25) is 0 Å². The van der Waals surface area contributed by atoms with Gasteiger partial charge in [-0.05, 0) is 24.5 Å². The van der Waals surface area contributed by atoms with Crippen LogP contribution in [0.1, 0.15) is 39.5 Å². The maximum absolute atomic E-state index is 11.9. The summed E-state index contributed by atoms with van der Waals surface area (Å²) in [6, 6.07) is 8.27. The van der Waals surface area contributed by atoms with Crippen molar-refractivity contribution in [1.29, 1.82) is 0 Å². The summed E-state index contributed by atoms with van der Waals surface area (Å²) in [5, 5.41) is 0.247. The second kappa shape index (κ2) is 8.49. The molecule has 1 rings (SSSR count). The summed E-state index contributed by atoms with van der Waals surface area (Å²) in [5.41, 5.74) is 0. The first kappa shape index (κ1) is 16.4. The van der Waals surface area contributed by atoms with Gasteiger partial charge in [-0.3, -0.25) is 4.57 Å². The Morgan fingerprint density at radius 1 is 1.26 bits per heavy atom. The van der Waals surface area contributed by atoms with E-state index in [1.54, 1.807) is 30.3 Å². The molecule has 0 aliphatic heterocycles. The van der Waals surface area contributed by atoms with Gasteiger partial charge in [-0.2, -0.15) is 0 Å². The number of rotatable bonds is 9. The molecular formula is C14H23O4P. The van der Waals surface area contributed by atoms with E-state index >= 15 is 0 Å². The Balaban J connectivity index is 2.41. The SMILES string of the molecule is CCCCC(CC)COOP(=O)(O)c1ccccc1. The minimum absolute atomic E-state index is 0.247. The fourth-order valence-corrected chi connectivity index (χ4v) is 2.59. The Morgan fingerprint density at radius 3 is 2.53 bits per heavy atom. The highest BCUT2D eigenvalue weighted by Crippen LogP contribution is 2.40. The fraction of sp³-hybridized carbons (Fsp3) is 0.571. The molecule has 0 aromatic heterocycles. The largest absolute Gasteiger partial charge is 0.385 e. The first-order valence-electron chi connectivity index (χ1n) is 6.79. The molecular weight excluding hydrogens is 263 g/mol. The van der Waals surface area contributed by atoms with E-state index in [9.17, 15) is 9.46 Å². The Bertz CT molecular complexity index is 394. The number of hydrogen-bond donors (Lipinski definition) is 1. The molecule has 2 atom stereocenters. The average molecular weight is 286 g/mol. The molecule has 1 N–H and O–H groups in total. The molecule has 0 fully saturated rings. The maximum atomic E-state index is 11.9. The monoisotopic (exact) mass is 286 g/mol. The van der Waals surface area contributed by atoms with E-state index in [0.717, 1.165) is 25.7 Å². The fourth-order valence-electron chi connectivity index (χ4n) is 1.76. The molecule has 2 unspecified atom stereocenters. The van der Waals surface area contributed by atoms with E-state index in [-0.39, 0.29) is 5.30 Å². The van der Waals surface area contributed by atoms with E-state index in [4.69, 9.17) is 9.56 Å². The zero-order valence-corrected chi connectivity index (χ0v) is 12.5. The standard InChI is InChI=1S/C14H23O4P/c1-3-5-9-13(4-2)12-17-18-19(15,16)14-10-7-6-8-11-14/h6-8,10-11,13H,3-5,9,12H2,1-2H3,(H,15,16). The average Bonchev–Trinajstić information content (AvgIpc) is 2.43. The van der Waals surface area contributed by atoms with Gasteiger partial charge in [0.25, 0.3) is 0 Å². The van der Waals surface area contributed by atoms with Crippen LogP contribution in [0.15, 0.2) is 30.3 Å². The molecule has 0 heterocycles. The van der Waals surface area contributed by atoms with Crippen molar-refractivity contribution in [3.8, 4) is 0 Å². The molecule has 4 nitrogen and oxygen atoms in total. The van der Waals surface area contributed by atoms with Crippen molar-refractivity contribution in [2.45, 2.75) is 39.5 Å². The smallest absolute Gasteiger partial charge is 0.319 e. The van der Waals surface area contributed by atoms with Gasteiger partial charge in [0, 0.05) is 0 Å². The third kappa shape index (κ3) is 5.87. The zero-order chi connectivity index (χ0) is 14.1. The third-order valence-corrected chi connectivity index (χ3v) is 4.34. The van der Waals surface area contributed by atoms with Crippen molar-refractivity contribution in [3.05, 3.63) is 30.3 Å². The van der Waals surface area contributed by atoms with Gasteiger partial charge in [0.1, 0.15) is 0 Å². The van der Waals surface area contributed by atoms with Gasteiger partial charge in [-0.15, -0.1) is 4.67 Å². The quantitative estimate of drug-likeness (QED) is 0.427. The highest BCUT2D eigenvalue weighted by atomic mass is 31.2. The van der Waals surface area contributed by atoms with Crippen LogP contribution in [0, 0.1) is 5.92 Å². The van der Waals surface area contributed by atoms with Crippen LogP contribution in [-0.2, 0) is 14.1 Å². The van der Waals surface area contributed by atoms with Crippen molar-refractivity contribution in [3.63, 3.8) is 0 Å². The van der Waals surface area contributed by atoms with Crippen LogP contribution < -0.4 is 5.30 Å². The Labute approximate surface area is 115 Å². The predicted octanol–water partition coefficient (Wildman–Crippen LogP) is 3.66. The molecule has 0 bridgehead atoms. The maximum Gasteiger partial charge on any atom is 0.385 e. The van der Waals surface area contributed by atoms with Crippen LogP contribution >= 0.6 is 7.60 Å². The molecule has 108 valence electrons. The summed E-state index contributed by atoms with van der Waals surface area (Å²) in [5.74, 6) is 0.371. The van der Waals surface area contributed by atoms with E-state index < -0.39 is 7.60 Å². The molecule has 0 radical (unpaired) electrons. The van der Waals surface area contributed by atoms with Crippen molar-refractivity contribution in [2.75, 3.05) is 6.61 Å². The zero-order valence-electron chi connectivity index (χ0n) is 11.6. The number of unbranched alkanes of at least 4 members (excludes halogenated alkanes) is 1. The van der Waals surface area contributed by atoms with Crippen LogP contribution in [0.4, 0.5) is 0 Å². The van der Waals surface area contributed by atoms with Gasteiger partial charge in [-0.25, -0.2) is 4.89 Å². The summed E-state index contributed by atoms with van der Waals surface area (Å²) in [7, 11) is -3.86. The first-order valence-corrected chi connectivity index (χ1v) is 8.37. The lowest BCUT2D eigenvalue weighted by Crippen LogP contribution is -2.12. The topological polar surface area (TPSA) is 55.8 Å². The van der Waals surface area contributed by atoms with Gasteiger partial charge in [0.15, 0.2) is 0 Å². The van der Waals surface area contributed by atoms with Gasteiger partial charge >= 0.3 is 7.60 Å². The molecule has 19 heavy (non-hydrogen) atoms. The first-order chi connectivity index (χ1) is 9.10. The second-order valence-electron chi connectivity index (χ2n) is 4.63. The molecule has 0 saturated heterocycles. The van der Waals surface area contributed by atoms with Gasteiger partial charge < -0.3 is 4.89 Å². The number of benzene rings is 1. The lowest BCUT2D eigenvalue weighted by Gasteiger charge is -2.15. The summed E-state index contributed by atoms with van der Waals surface area (Å²) in [4.78, 5) is 14.7.